The van der Waals surface area contributed by atoms with Crippen LogP contribution < -0.4 is 0 Å². The monoisotopic (exact) mass is 268 g/mol. The van der Waals surface area contributed by atoms with E-state index in [1.54, 1.807) is 35.7 Å². The van der Waals surface area contributed by atoms with E-state index in [1.807, 2.05) is 0 Å². The first kappa shape index (κ1) is 13.5. The molecule has 0 aromatic carbocycles. The second-order valence-electron chi connectivity index (χ2n) is 5.04. The van der Waals surface area contributed by atoms with Gasteiger partial charge in [-0.15, -0.1) is 11.8 Å². The molecule has 0 saturated carbocycles. The molecule has 0 radical (unpaired) electrons. The normalized spacial score (nSPS) is 27.3. The number of thioether (sulfide) groups is 1. The van der Waals surface area contributed by atoms with Crippen LogP contribution in [-0.2, 0) is 9.59 Å². The zero-order valence-electron chi connectivity index (χ0n) is 11.0. The number of rotatable bonds is 2. The van der Waals surface area contributed by atoms with Crippen LogP contribution >= 0.6 is 11.8 Å². The summed E-state index contributed by atoms with van der Waals surface area (Å²) in [6, 6.07) is -0.261. The van der Waals surface area contributed by atoms with Crippen molar-refractivity contribution in [2.24, 2.45) is 5.92 Å². The van der Waals surface area contributed by atoms with Crippen molar-refractivity contribution in [2.75, 3.05) is 25.7 Å². The molecule has 2 rings (SSSR count). The summed E-state index contributed by atoms with van der Waals surface area (Å²) in [6.45, 7) is 0. The van der Waals surface area contributed by atoms with Crippen LogP contribution in [0.5, 0.6) is 0 Å². The molecule has 0 bridgehead atoms. The molecule has 5 heteroatoms. The van der Waals surface area contributed by atoms with Gasteiger partial charge < -0.3 is 9.80 Å². The highest BCUT2D eigenvalue weighted by molar-refractivity contribution is 7.99. The topological polar surface area (TPSA) is 40.6 Å². The van der Waals surface area contributed by atoms with Crippen molar-refractivity contribution >= 4 is 23.6 Å². The van der Waals surface area contributed by atoms with Crippen LogP contribution in [0, 0.1) is 5.92 Å². The molecule has 0 spiro atoms. The molecule has 100 valence electrons. The van der Waals surface area contributed by atoms with Crippen molar-refractivity contribution in [3.8, 4) is 0 Å². The first-order chi connectivity index (χ1) is 8.61. The summed E-state index contributed by atoms with van der Waals surface area (Å²) in [5.41, 5.74) is 0. The van der Waals surface area contributed by atoms with Gasteiger partial charge in [0, 0.05) is 25.8 Å². The molecule has 2 unspecified atom stereocenters. The highest BCUT2D eigenvalue weighted by Crippen LogP contribution is 2.28. The van der Waals surface area contributed by atoms with E-state index in [1.165, 1.54) is 0 Å². The van der Waals surface area contributed by atoms with Crippen LogP contribution in [0.4, 0.5) is 0 Å². The lowest BCUT2D eigenvalue weighted by Crippen LogP contribution is -2.48. The van der Waals surface area contributed by atoms with Crippen molar-refractivity contribution in [2.45, 2.75) is 25.3 Å². The fourth-order valence-electron chi connectivity index (χ4n) is 2.41. The molecule has 1 heterocycles. The number of nitrogens with zero attached hydrogens (tertiary/aromatic N) is 2. The predicted octanol–water partition coefficient (Wildman–Crippen LogP) is 1.33. The minimum atomic E-state index is -0.261. The molecule has 1 aliphatic carbocycles. The molecule has 1 fully saturated rings. The average Bonchev–Trinajstić information content (AvgIpc) is 2.87. The van der Waals surface area contributed by atoms with Gasteiger partial charge in [0.25, 0.3) is 0 Å². The molecular weight excluding hydrogens is 248 g/mol. The van der Waals surface area contributed by atoms with Crippen LogP contribution in [0.2, 0.25) is 0 Å². The Labute approximate surface area is 112 Å². The lowest BCUT2D eigenvalue weighted by Gasteiger charge is -2.29. The van der Waals surface area contributed by atoms with E-state index in [-0.39, 0.29) is 23.8 Å². The molecule has 0 aromatic rings. The molecule has 2 amide bonds. The Balaban J connectivity index is 2.04. The Bertz CT molecular complexity index is 368. The van der Waals surface area contributed by atoms with Gasteiger partial charge in [-0.2, -0.15) is 0 Å². The van der Waals surface area contributed by atoms with E-state index in [0.717, 1.165) is 25.0 Å². The lowest BCUT2D eigenvalue weighted by atomic mass is 9.93. The molecule has 2 aliphatic rings. The Hall–Kier alpha value is -0.970. The minimum Gasteiger partial charge on any atom is -0.347 e. The van der Waals surface area contributed by atoms with Crippen LogP contribution in [0.3, 0.4) is 0 Å². The van der Waals surface area contributed by atoms with E-state index in [0.29, 0.717) is 5.88 Å². The molecule has 0 aromatic heterocycles. The zero-order chi connectivity index (χ0) is 13.1. The average molecular weight is 268 g/mol. The van der Waals surface area contributed by atoms with Crippen molar-refractivity contribution in [3.63, 3.8) is 0 Å². The second kappa shape index (κ2) is 5.78. The fourth-order valence-corrected chi connectivity index (χ4v) is 3.57. The highest BCUT2D eigenvalue weighted by Gasteiger charge is 2.37. The number of carbonyl (C=O) groups excluding carboxylic acids is 2. The van der Waals surface area contributed by atoms with Crippen molar-refractivity contribution in [1.82, 2.24) is 9.80 Å². The number of likely N-dealkylation sites (N-methyl/N-ethyl adjacent to an activating group) is 1. The molecule has 2 atom stereocenters. The SMILES string of the molecule is CN(C)C(=O)C1CSCN1C(=O)C1CC=CCC1. The molecular formula is C13H20N2O2S. The number of amides is 2. The van der Waals surface area contributed by atoms with Gasteiger partial charge in [-0.05, 0) is 19.3 Å². The quantitative estimate of drug-likeness (QED) is 0.710. The zero-order valence-corrected chi connectivity index (χ0v) is 11.8. The Morgan fingerprint density at radius 3 is 2.72 bits per heavy atom. The van der Waals surface area contributed by atoms with Crippen LogP contribution in [-0.4, -0.2) is 53.4 Å². The standard InChI is InChI=1S/C13H20N2O2S/c1-14(2)13(17)11-8-18-9-15(11)12(16)10-6-4-3-5-7-10/h3-4,10-11H,5-9H2,1-2H3. The fraction of sp³-hybridized carbons (Fsp3) is 0.692. The van der Waals surface area contributed by atoms with Crippen LogP contribution in [0.15, 0.2) is 12.2 Å². The van der Waals surface area contributed by atoms with Gasteiger partial charge >= 0.3 is 0 Å². The van der Waals surface area contributed by atoms with Crippen molar-refractivity contribution in [3.05, 3.63) is 12.2 Å². The highest BCUT2D eigenvalue weighted by atomic mass is 32.2. The molecule has 1 saturated heterocycles. The maximum atomic E-state index is 12.4. The Morgan fingerprint density at radius 2 is 2.11 bits per heavy atom. The predicted molar refractivity (Wildman–Crippen MR) is 73.1 cm³/mol. The third-order valence-corrected chi connectivity index (χ3v) is 4.52. The van der Waals surface area contributed by atoms with Gasteiger partial charge in [-0.25, -0.2) is 0 Å². The summed E-state index contributed by atoms with van der Waals surface area (Å²) in [4.78, 5) is 27.8. The number of hydrogen-bond acceptors (Lipinski definition) is 3. The first-order valence-electron chi connectivity index (χ1n) is 6.35. The number of carbonyl (C=O) groups is 2. The maximum Gasteiger partial charge on any atom is 0.245 e. The summed E-state index contributed by atoms with van der Waals surface area (Å²) < 4.78 is 0. The van der Waals surface area contributed by atoms with Crippen LogP contribution in [0.25, 0.3) is 0 Å². The second-order valence-corrected chi connectivity index (χ2v) is 6.04. The number of allylic oxidation sites excluding steroid dienone is 2. The van der Waals surface area contributed by atoms with Gasteiger partial charge in [-0.3, -0.25) is 9.59 Å². The van der Waals surface area contributed by atoms with E-state index >= 15 is 0 Å². The summed E-state index contributed by atoms with van der Waals surface area (Å²) in [5, 5.41) is 0. The van der Waals surface area contributed by atoms with Gasteiger partial charge in [0.15, 0.2) is 0 Å². The van der Waals surface area contributed by atoms with E-state index in [9.17, 15) is 9.59 Å². The van der Waals surface area contributed by atoms with Gasteiger partial charge in [-0.1, -0.05) is 12.2 Å². The van der Waals surface area contributed by atoms with E-state index in [2.05, 4.69) is 12.2 Å². The Kier molecular flexibility index (Phi) is 4.32. The smallest absolute Gasteiger partial charge is 0.245 e. The van der Waals surface area contributed by atoms with Gasteiger partial charge in [0.05, 0.1) is 5.88 Å². The van der Waals surface area contributed by atoms with Crippen LogP contribution in [0.1, 0.15) is 19.3 Å². The maximum absolute atomic E-state index is 12.4. The summed E-state index contributed by atoms with van der Waals surface area (Å²) in [5.74, 6) is 1.66. The molecule has 1 aliphatic heterocycles. The molecule has 4 nitrogen and oxygen atoms in total. The largest absolute Gasteiger partial charge is 0.347 e. The number of hydrogen-bond donors (Lipinski definition) is 0. The third-order valence-electron chi connectivity index (χ3n) is 3.51. The van der Waals surface area contributed by atoms with Gasteiger partial charge in [0.1, 0.15) is 6.04 Å². The van der Waals surface area contributed by atoms with Crippen molar-refractivity contribution < 1.29 is 9.59 Å². The third kappa shape index (κ3) is 2.71. The van der Waals surface area contributed by atoms with E-state index in [4.69, 9.17) is 0 Å². The minimum absolute atomic E-state index is 0.0414. The molecule has 0 N–H and O–H groups in total. The summed E-state index contributed by atoms with van der Waals surface area (Å²) in [7, 11) is 3.49. The lowest BCUT2D eigenvalue weighted by molar-refractivity contribution is -0.144. The first-order valence-corrected chi connectivity index (χ1v) is 7.51. The molecule has 18 heavy (non-hydrogen) atoms. The Morgan fingerprint density at radius 1 is 1.33 bits per heavy atom. The van der Waals surface area contributed by atoms with Crippen molar-refractivity contribution in [1.29, 1.82) is 0 Å². The van der Waals surface area contributed by atoms with Gasteiger partial charge in [0.2, 0.25) is 11.8 Å². The summed E-state index contributed by atoms with van der Waals surface area (Å²) >= 11 is 1.67. The van der Waals surface area contributed by atoms with E-state index < -0.39 is 0 Å². The summed E-state index contributed by atoms with van der Waals surface area (Å²) in [6.07, 6.45) is 6.93.